The Kier molecular flexibility index (Phi) is 6.65. The summed E-state index contributed by atoms with van der Waals surface area (Å²) in [5.74, 6) is 1.36. The van der Waals surface area contributed by atoms with E-state index < -0.39 is 10.0 Å². The molecule has 7 nitrogen and oxygen atoms in total. The number of nitrogens with one attached hydrogen (secondary N) is 2. The van der Waals surface area contributed by atoms with Gasteiger partial charge >= 0.3 is 0 Å². The average Bonchev–Trinajstić information content (AvgIpc) is 2.53. The lowest BCUT2D eigenvalue weighted by Gasteiger charge is -2.31. The minimum atomic E-state index is -3.67. The lowest BCUT2D eigenvalue weighted by molar-refractivity contribution is -0.904. The van der Waals surface area contributed by atoms with Gasteiger partial charge in [0, 0.05) is 31.6 Å². The first-order valence-electron chi connectivity index (χ1n) is 8.87. The summed E-state index contributed by atoms with van der Waals surface area (Å²) in [7, 11) is 0.674. The predicted molar refractivity (Wildman–Crippen MR) is 101 cm³/mol. The fraction of sp³-hybridized carbons (Fsp3) is 0.611. The van der Waals surface area contributed by atoms with Crippen molar-refractivity contribution in [2.24, 2.45) is 11.8 Å². The van der Waals surface area contributed by atoms with Crippen molar-refractivity contribution in [3.8, 4) is 5.75 Å². The number of anilines is 1. The molecular formula is C18H30N3O4S+. The Hall–Kier alpha value is -1.64. The molecule has 1 saturated heterocycles. The van der Waals surface area contributed by atoms with Crippen molar-refractivity contribution in [3.05, 3.63) is 18.2 Å². The molecule has 1 aliphatic rings. The van der Waals surface area contributed by atoms with E-state index in [1.807, 2.05) is 0 Å². The zero-order chi connectivity index (χ0) is 19.5. The number of carbonyl (C=O) groups excluding carboxylic acids is 1. The summed E-state index contributed by atoms with van der Waals surface area (Å²) >= 11 is 0. The van der Waals surface area contributed by atoms with Crippen LogP contribution in [0.1, 0.15) is 20.3 Å². The zero-order valence-corrected chi connectivity index (χ0v) is 17.0. The largest absolute Gasteiger partial charge is 0.495 e. The number of nitrogens with zero attached hydrogens (tertiary/aromatic N) is 1. The maximum atomic E-state index is 12.5. The maximum Gasteiger partial charge on any atom is 0.279 e. The van der Waals surface area contributed by atoms with Crippen LogP contribution >= 0.6 is 0 Å². The van der Waals surface area contributed by atoms with Crippen LogP contribution in [0.25, 0.3) is 0 Å². The third kappa shape index (κ3) is 4.96. The van der Waals surface area contributed by atoms with Gasteiger partial charge in [-0.2, -0.15) is 0 Å². The molecule has 0 aromatic heterocycles. The number of piperidine rings is 1. The molecule has 1 amide bonds. The number of benzene rings is 1. The Balaban J connectivity index is 2.13. The lowest BCUT2D eigenvalue weighted by Crippen LogP contribution is -3.15. The second-order valence-corrected chi connectivity index (χ2v) is 9.60. The van der Waals surface area contributed by atoms with E-state index in [2.05, 4.69) is 19.2 Å². The van der Waals surface area contributed by atoms with Crippen LogP contribution in [0.4, 0.5) is 5.69 Å². The standard InChI is InChI=1S/C18H29N3O4S/c1-13-8-14(2)11-21(10-13)12-18(22)19-15-6-7-16(25-5)17(9-15)26(23,24)20(3)4/h6-7,9,13-14H,8,10-12H2,1-5H3,(H,19,22)/p+1/t13-,14-/m1/s1. The highest BCUT2D eigenvalue weighted by atomic mass is 32.2. The molecule has 2 N–H and O–H groups in total. The van der Waals surface area contributed by atoms with Gasteiger partial charge in [0.25, 0.3) is 5.91 Å². The predicted octanol–water partition coefficient (Wildman–Crippen LogP) is 0.445. The van der Waals surface area contributed by atoms with Crippen molar-refractivity contribution >= 4 is 21.6 Å². The molecule has 2 atom stereocenters. The van der Waals surface area contributed by atoms with Crippen molar-refractivity contribution in [2.75, 3.05) is 46.2 Å². The molecule has 0 unspecified atom stereocenters. The summed E-state index contributed by atoms with van der Waals surface area (Å²) in [5.41, 5.74) is 0.453. The summed E-state index contributed by atoms with van der Waals surface area (Å²) in [6.45, 7) is 6.79. The number of methoxy groups -OCH3 is 1. The van der Waals surface area contributed by atoms with Gasteiger partial charge in [0.1, 0.15) is 10.6 Å². The van der Waals surface area contributed by atoms with Crippen LogP contribution in [0.15, 0.2) is 23.1 Å². The van der Waals surface area contributed by atoms with Crippen molar-refractivity contribution in [1.29, 1.82) is 0 Å². The van der Waals surface area contributed by atoms with Gasteiger partial charge in [-0.25, -0.2) is 12.7 Å². The summed E-state index contributed by atoms with van der Waals surface area (Å²) in [6.07, 6.45) is 1.20. The van der Waals surface area contributed by atoms with E-state index in [0.29, 0.717) is 24.1 Å². The van der Waals surface area contributed by atoms with E-state index in [1.54, 1.807) is 12.1 Å². The Morgan fingerprint density at radius 1 is 1.27 bits per heavy atom. The molecule has 1 fully saturated rings. The number of sulfonamides is 1. The minimum absolute atomic E-state index is 0.0374. The van der Waals surface area contributed by atoms with E-state index in [4.69, 9.17) is 4.74 Å². The average molecular weight is 385 g/mol. The number of likely N-dealkylation sites (tertiary alicyclic amines) is 1. The van der Waals surface area contributed by atoms with Gasteiger partial charge in [-0.1, -0.05) is 13.8 Å². The monoisotopic (exact) mass is 384 g/mol. The second kappa shape index (κ2) is 8.37. The highest BCUT2D eigenvalue weighted by Gasteiger charge is 2.27. The van der Waals surface area contributed by atoms with Crippen LogP contribution in [-0.4, -0.2) is 59.5 Å². The summed E-state index contributed by atoms with van der Waals surface area (Å²) in [6, 6.07) is 4.66. The van der Waals surface area contributed by atoms with Gasteiger partial charge in [-0.15, -0.1) is 0 Å². The number of amides is 1. The van der Waals surface area contributed by atoms with Gasteiger partial charge in [-0.3, -0.25) is 4.79 Å². The van der Waals surface area contributed by atoms with Crippen LogP contribution in [0, 0.1) is 11.8 Å². The summed E-state index contributed by atoms with van der Waals surface area (Å²) < 4.78 is 31.2. The fourth-order valence-electron chi connectivity index (χ4n) is 3.65. The second-order valence-electron chi connectivity index (χ2n) is 7.48. The van der Waals surface area contributed by atoms with Crippen LogP contribution in [0.3, 0.4) is 0 Å². The van der Waals surface area contributed by atoms with Gasteiger partial charge < -0.3 is 15.0 Å². The zero-order valence-electron chi connectivity index (χ0n) is 16.2. The van der Waals surface area contributed by atoms with Gasteiger partial charge in [0.05, 0.1) is 20.2 Å². The molecule has 8 heteroatoms. The Bertz CT molecular complexity index is 739. The molecule has 146 valence electrons. The molecule has 1 heterocycles. The quantitative estimate of drug-likeness (QED) is 0.746. The number of ether oxygens (including phenoxy) is 1. The third-order valence-corrected chi connectivity index (χ3v) is 6.53. The maximum absolute atomic E-state index is 12.5. The molecular weight excluding hydrogens is 354 g/mol. The fourth-order valence-corrected chi connectivity index (χ4v) is 4.73. The number of hydrogen-bond acceptors (Lipinski definition) is 4. The highest BCUT2D eigenvalue weighted by molar-refractivity contribution is 7.89. The van der Waals surface area contributed by atoms with Crippen molar-refractivity contribution in [1.82, 2.24) is 4.31 Å². The van der Waals surface area contributed by atoms with Crippen LogP contribution in [0.5, 0.6) is 5.75 Å². The smallest absolute Gasteiger partial charge is 0.279 e. The molecule has 1 aromatic rings. The van der Waals surface area contributed by atoms with Gasteiger partial charge in [0.2, 0.25) is 10.0 Å². The van der Waals surface area contributed by atoms with E-state index in [9.17, 15) is 13.2 Å². The topological polar surface area (TPSA) is 80.1 Å². The Morgan fingerprint density at radius 3 is 2.42 bits per heavy atom. The molecule has 26 heavy (non-hydrogen) atoms. The Labute approximate surface area is 156 Å². The third-order valence-electron chi connectivity index (χ3n) is 4.70. The molecule has 0 saturated carbocycles. The normalized spacial score (nSPS) is 23.7. The van der Waals surface area contributed by atoms with E-state index in [0.717, 1.165) is 17.4 Å². The lowest BCUT2D eigenvalue weighted by atomic mass is 9.92. The molecule has 0 bridgehead atoms. The van der Waals surface area contributed by atoms with Gasteiger partial charge in [0.15, 0.2) is 6.54 Å². The molecule has 0 aliphatic carbocycles. The first-order valence-corrected chi connectivity index (χ1v) is 10.3. The summed E-state index contributed by atoms with van der Waals surface area (Å²) in [5, 5.41) is 2.82. The van der Waals surface area contributed by atoms with Crippen molar-refractivity contribution in [2.45, 2.75) is 25.2 Å². The van der Waals surface area contributed by atoms with Crippen LogP contribution < -0.4 is 15.0 Å². The SMILES string of the molecule is COc1ccc(NC(=O)C[NH+]2C[C@H](C)C[C@@H](C)C2)cc1S(=O)(=O)N(C)C. The number of quaternary nitrogens is 1. The van der Waals surface area contributed by atoms with Crippen molar-refractivity contribution in [3.63, 3.8) is 0 Å². The number of rotatable bonds is 6. The van der Waals surface area contributed by atoms with Crippen LogP contribution in [-0.2, 0) is 14.8 Å². The molecule has 1 aliphatic heterocycles. The number of carbonyl (C=O) groups is 1. The van der Waals surface area contributed by atoms with Crippen molar-refractivity contribution < 1.29 is 22.8 Å². The Morgan fingerprint density at radius 2 is 1.88 bits per heavy atom. The van der Waals surface area contributed by atoms with E-state index >= 15 is 0 Å². The molecule has 1 aromatic carbocycles. The van der Waals surface area contributed by atoms with E-state index in [-0.39, 0.29) is 16.6 Å². The van der Waals surface area contributed by atoms with Gasteiger partial charge in [-0.05, 0) is 24.6 Å². The highest BCUT2D eigenvalue weighted by Crippen LogP contribution is 2.28. The minimum Gasteiger partial charge on any atom is -0.495 e. The van der Waals surface area contributed by atoms with E-state index in [1.165, 1.54) is 38.6 Å². The molecule has 0 spiro atoms. The summed E-state index contributed by atoms with van der Waals surface area (Å²) in [4.78, 5) is 13.7. The number of hydrogen-bond donors (Lipinski definition) is 2. The van der Waals surface area contributed by atoms with Crippen LogP contribution in [0.2, 0.25) is 0 Å². The first-order chi connectivity index (χ1) is 12.1. The molecule has 0 radical (unpaired) electrons. The first kappa shape index (κ1) is 20.7. The molecule has 2 rings (SSSR count).